The van der Waals surface area contributed by atoms with Gasteiger partial charge in [-0.05, 0) is 0 Å². The maximum absolute atomic E-state index is 9.18. The molecule has 24 heteroatoms. The molecule has 0 bridgehead atoms. The Morgan fingerprint density at radius 1 is 0.352 bits per heavy atom. The van der Waals surface area contributed by atoms with Gasteiger partial charge < -0.3 is 88.2 Å². The largest absolute Gasteiger partial charge is 0.554 e. The van der Waals surface area contributed by atoms with Gasteiger partial charge in [-0.2, -0.15) is 0 Å². The summed E-state index contributed by atoms with van der Waals surface area (Å²) in [5.74, 6) is 0. The first kappa shape index (κ1) is 72.9. The van der Waals surface area contributed by atoms with Crippen LogP contribution in [0.3, 0.4) is 0 Å². The zero-order chi connectivity index (χ0) is 37.4. The van der Waals surface area contributed by atoms with Crippen LogP contribution in [0.1, 0.15) is 0 Å². The van der Waals surface area contributed by atoms with Gasteiger partial charge in [0.2, 0.25) is 0 Å². The van der Waals surface area contributed by atoms with E-state index in [0.717, 1.165) is 0 Å². The van der Waals surface area contributed by atoms with Crippen LogP contribution in [0.2, 0.25) is 0 Å². The first-order chi connectivity index (χ1) is 23.1. The van der Waals surface area contributed by atoms with Crippen molar-refractivity contribution >= 4 is 0 Å². The topological polar surface area (TPSA) is 254 Å². The molecule has 18 nitrogen and oxygen atoms in total. The van der Waals surface area contributed by atoms with Crippen LogP contribution in [0.4, 0.5) is 0 Å². The van der Waals surface area contributed by atoms with Crippen LogP contribution in [-0.4, -0.2) is 185 Å². The quantitative estimate of drug-likeness (QED) is 0.0274. The molecule has 0 rings (SSSR count). The van der Waals surface area contributed by atoms with Crippen molar-refractivity contribution in [2.75, 3.05) is 132 Å². The molecule has 0 aliphatic carbocycles. The summed E-state index contributed by atoms with van der Waals surface area (Å²) in [5.41, 5.74) is -1.31. The molecule has 0 aromatic carbocycles. The molecule has 0 aliphatic heterocycles. The van der Waals surface area contributed by atoms with Gasteiger partial charge in [0.1, 0.15) is 0 Å². The molecule has 0 radical (unpaired) electrons. The van der Waals surface area contributed by atoms with E-state index in [1.165, 1.54) is 0 Å². The van der Waals surface area contributed by atoms with Crippen LogP contribution in [-0.2, 0) is 47.4 Å². The molecule has 0 aliphatic rings. The van der Waals surface area contributed by atoms with Crippen LogP contribution >= 0.6 is 0 Å². The Morgan fingerprint density at radius 2 is 0.593 bits per heavy atom. The molecule has 8 N–H and O–H groups in total. The fourth-order valence-corrected chi connectivity index (χ4v) is 3.03. The smallest absolute Gasteiger partial charge is 0.0976 e. The maximum Gasteiger partial charge on any atom is 0.0976 e. The molecule has 0 aromatic rings. The number of hydrogen-bond acceptors (Lipinski definition) is 18. The van der Waals surface area contributed by atoms with E-state index in [0.29, 0.717) is 0 Å². The summed E-state index contributed by atoms with van der Waals surface area (Å²) in [5, 5.41) is 69.7. The van der Waals surface area contributed by atoms with Crippen molar-refractivity contribution in [2.45, 2.75) is 12.2 Å². The van der Waals surface area contributed by atoms with Crippen LogP contribution in [0.15, 0.2) is 0 Å². The first-order valence-corrected chi connectivity index (χ1v) is 14.6. The van der Waals surface area contributed by atoms with E-state index in [1.54, 1.807) is 0 Å². The fourth-order valence-electron chi connectivity index (χ4n) is 3.03. The van der Waals surface area contributed by atoms with Gasteiger partial charge in [0.25, 0.3) is 0 Å². The van der Waals surface area contributed by atoms with Crippen molar-refractivity contribution in [3.63, 3.8) is 0 Å². The van der Waals surface area contributed by atoms with Crippen LogP contribution < -0.4 is 0 Å². The number of aliphatic hydroxyl groups is 8. The first-order valence-electron chi connectivity index (χ1n) is 14.6. The Labute approximate surface area is 286 Å². The van der Waals surface area contributed by atoms with E-state index < -0.39 is 23.0 Å². The Balaban J connectivity index is -0.0000000582. The van der Waals surface area contributed by atoms with Crippen molar-refractivity contribution < 1.29 is 88.2 Å². The third kappa shape index (κ3) is 47.4. The molecular formula is C30H62O18Rf6-6. The van der Waals surface area contributed by atoms with Crippen molar-refractivity contribution in [3.8, 4) is 0 Å². The molecule has 0 saturated carbocycles. The predicted octanol–water partition coefficient (Wildman–Crippen LogP) is -2.49. The summed E-state index contributed by atoms with van der Waals surface area (Å²) in [6, 6.07) is 0. The number of aliphatic hydroxyl groups excluding tert-OH is 8. The summed E-state index contributed by atoms with van der Waals surface area (Å²) in [7, 11) is 19.1. The molecule has 0 aromatic heterocycles. The van der Waals surface area contributed by atoms with E-state index in [9.17, 15) is 10.2 Å². The summed E-state index contributed by atoms with van der Waals surface area (Å²) < 4.78 is 47.5. The minimum Gasteiger partial charge on any atom is -0.554 e. The molecular weight excluding hydrogens is 2250 g/mol. The van der Waals surface area contributed by atoms with Crippen molar-refractivity contribution in [1.82, 2.24) is 0 Å². The Hall–Kier alpha value is -6.72. The molecule has 0 spiro atoms. The van der Waals surface area contributed by atoms with Gasteiger partial charge in [-0.1, -0.05) is 0 Å². The number of rotatable bonds is 30. The molecule has 54 heavy (non-hydrogen) atoms. The Bertz CT molecular complexity index is 545. The van der Waals surface area contributed by atoms with Gasteiger partial charge in [0.05, 0.1) is 116 Å². The Kier molecular flexibility index (Phi) is 75.1. The van der Waals surface area contributed by atoms with E-state index in [2.05, 4.69) is 52.1 Å². The van der Waals surface area contributed by atoms with Gasteiger partial charge in [-0.25, -0.2) is 42.7 Å². The fraction of sp³-hybridized carbons (Fsp3) is 0.800. The van der Waals surface area contributed by atoms with E-state index >= 15 is 0 Å². The van der Waals surface area contributed by atoms with Crippen LogP contribution in [0, 0.1) is 53.5 Å². The third-order valence-corrected chi connectivity index (χ3v) is 5.30. The van der Waals surface area contributed by atoms with Crippen molar-refractivity contribution in [2.24, 2.45) is 10.8 Å². The maximum atomic E-state index is 9.18. The SMILES string of the molecule is [CH2-]OCC(CO)(CO[CH2-])COCCO.[CH2-]OCC(CO)(CO[CH2-])COCCO.[CH2-]OCC(O)COCCO.[CH2-]OCC(O)COCCO.[Rf].[Rf].[Rf].[Rf].[Rf].[Rf]. The van der Waals surface area contributed by atoms with Gasteiger partial charge in [0, 0.05) is 39.6 Å². The summed E-state index contributed by atoms with van der Waals surface area (Å²) in [4.78, 5) is 0. The van der Waals surface area contributed by atoms with Gasteiger partial charge in [0.15, 0.2) is 0 Å². The molecule has 0 amide bonds. The van der Waals surface area contributed by atoms with Gasteiger partial charge in [-0.3, -0.25) is 0 Å². The van der Waals surface area contributed by atoms with Gasteiger partial charge >= 0.3 is 0 Å². The van der Waals surface area contributed by atoms with E-state index in [-0.39, 0.29) is 132 Å². The number of ether oxygens (including phenoxy) is 10. The molecule has 2 unspecified atom stereocenters. The summed E-state index contributed by atoms with van der Waals surface area (Å²) in [6.45, 7) is 2.43. The summed E-state index contributed by atoms with van der Waals surface area (Å²) >= 11 is 0. The summed E-state index contributed by atoms with van der Waals surface area (Å²) in [6.07, 6.45) is -1.30. The molecule has 2 atom stereocenters. The van der Waals surface area contributed by atoms with Crippen molar-refractivity contribution in [1.29, 1.82) is 0 Å². The number of hydrogen-bond donors (Lipinski definition) is 8. The zero-order valence-electron chi connectivity index (χ0n) is 32.4. The van der Waals surface area contributed by atoms with Crippen LogP contribution in [0.25, 0.3) is 0 Å². The third-order valence-electron chi connectivity index (χ3n) is 5.30. The Morgan fingerprint density at radius 3 is 0.778 bits per heavy atom. The standard InChI is InChI=1S/2C9H18O5.2C6H13O4.6Rf/c2*1-12-6-9(5-11,7-13-2)8-14-4-3-10;2*1-9-4-6(8)5-10-3-2-7;;;;;;/h2*10-11H,1-8H2;2*6-8H,1-5H2;;;;;;/q2*-2;2*-1;;;;;;. The average molecular weight is 2310 g/mol. The second-order valence-electron chi connectivity index (χ2n) is 9.91. The van der Waals surface area contributed by atoms with E-state index in [4.69, 9.17) is 68.5 Å². The van der Waals surface area contributed by atoms with Crippen molar-refractivity contribution in [3.05, 3.63) is 42.7 Å². The molecule has 0 heterocycles. The molecule has 0 fully saturated rings. The monoisotopic (exact) mass is 2310 g/mol. The minimum absolute atomic E-state index is 0. The van der Waals surface area contributed by atoms with Gasteiger partial charge in [-0.15, -0.1) is 0 Å². The van der Waals surface area contributed by atoms with E-state index in [1.807, 2.05) is 0 Å². The zero-order valence-corrected chi connectivity index (χ0v) is 70.8. The minimum atomic E-state index is -0.654. The molecule has 308 valence electrons. The van der Waals surface area contributed by atoms with Crippen LogP contribution in [0.5, 0.6) is 0 Å². The second kappa shape index (κ2) is 55.7. The average Bonchev–Trinajstić information content (AvgIpc) is 3.07. The molecule has 0 saturated heterocycles. The second-order valence-corrected chi connectivity index (χ2v) is 9.91. The normalized spacial score (nSPS) is 11.2. The predicted molar refractivity (Wildman–Crippen MR) is 171 cm³/mol.